The predicted molar refractivity (Wildman–Crippen MR) is 83.2 cm³/mol. The number of nitrogens with zero attached hydrogens (tertiary/aromatic N) is 1. The van der Waals surface area contributed by atoms with Crippen molar-refractivity contribution in [1.29, 1.82) is 0 Å². The molecule has 19 heavy (non-hydrogen) atoms. The maximum absolute atomic E-state index is 6.22. The molecule has 0 bridgehead atoms. The fourth-order valence-corrected chi connectivity index (χ4v) is 4.29. The highest BCUT2D eigenvalue weighted by molar-refractivity contribution is 4.96. The average molecular weight is 266 g/mol. The molecule has 1 aliphatic heterocycles. The van der Waals surface area contributed by atoms with Crippen LogP contribution >= 0.6 is 0 Å². The van der Waals surface area contributed by atoms with Crippen molar-refractivity contribution in [2.45, 2.75) is 77.2 Å². The summed E-state index contributed by atoms with van der Waals surface area (Å²) in [6.45, 7) is 8.20. The van der Waals surface area contributed by atoms with E-state index in [0.29, 0.717) is 5.54 Å². The van der Waals surface area contributed by atoms with E-state index in [1.165, 1.54) is 70.9 Å². The Morgan fingerprint density at radius 1 is 1.11 bits per heavy atom. The molecule has 2 fully saturated rings. The minimum Gasteiger partial charge on any atom is -0.329 e. The van der Waals surface area contributed by atoms with Gasteiger partial charge in [-0.25, -0.2) is 0 Å². The summed E-state index contributed by atoms with van der Waals surface area (Å²) in [5.74, 6) is 1.90. The number of nitrogens with two attached hydrogens (primary N) is 1. The smallest absolute Gasteiger partial charge is 0.0331 e. The maximum Gasteiger partial charge on any atom is 0.0331 e. The van der Waals surface area contributed by atoms with E-state index in [-0.39, 0.29) is 0 Å². The summed E-state index contributed by atoms with van der Waals surface area (Å²) in [7, 11) is 0. The van der Waals surface area contributed by atoms with E-state index in [2.05, 4.69) is 18.7 Å². The van der Waals surface area contributed by atoms with Crippen molar-refractivity contribution in [3.63, 3.8) is 0 Å². The van der Waals surface area contributed by atoms with Gasteiger partial charge in [0.05, 0.1) is 0 Å². The van der Waals surface area contributed by atoms with Crippen LogP contribution in [0.5, 0.6) is 0 Å². The minimum atomic E-state index is 0.355. The Morgan fingerprint density at radius 3 is 2.47 bits per heavy atom. The van der Waals surface area contributed by atoms with E-state index in [4.69, 9.17) is 5.73 Å². The van der Waals surface area contributed by atoms with Crippen molar-refractivity contribution in [1.82, 2.24) is 4.90 Å². The molecule has 0 aromatic heterocycles. The summed E-state index contributed by atoms with van der Waals surface area (Å²) in [6, 6.07) is 0. The lowest BCUT2D eigenvalue weighted by Crippen LogP contribution is -2.56. The van der Waals surface area contributed by atoms with E-state index >= 15 is 0 Å². The molecule has 1 atom stereocenters. The molecule has 0 radical (unpaired) electrons. The highest BCUT2D eigenvalue weighted by Gasteiger charge is 2.38. The molecule has 2 nitrogen and oxygen atoms in total. The first-order valence-electron chi connectivity index (χ1n) is 8.65. The number of likely N-dealkylation sites (tertiary alicyclic amines) is 1. The molecule has 1 saturated heterocycles. The van der Waals surface area contributed by atoms with Crippen molar-refractivity contribution in [3.05, 3.63) is 0 Å². The lowest BCUT2D eigenvalue weighted by Gasteiger charge is -2.47. The second kappa shape index (κ2) is 7.08. The Morgan fingerprint density at radius 2 is 1.84 bits per heavy atom. The zero-order valence-corrected chi connectivity index (χ0v) is 13.2. The van der Waals surface area contributed by atoms with Crippen LogP contribution in [0.1, 0.15) is 71.6 Å². The van der Waals surface area contributed by atoms with Gasteiger partial charge < -0.3 is 5.73 Å². The summed E-state index contributed by atoms with van der Waals surface area (Å²) in [5, 5.41) is 0. The van der Waals surface area contributed by atoms with Crippen LogP contribution in [0.4, 0.5) is 0 Å². The maximum atomic E-state index is 6.22. The van der Waals surface area contributed by atoms with Gasteiger partial charge in [-0.05, 0) is 69.9 Å². The highest BCUT2D eigenvalue weighted by atomic mass is 15.2. The van der Waals surface area contributed by atoms with Gasteiger partial charge >= 0.3 is 0 Å². The van der Waals surface area contributed by atoms with E-state index < -0.39 is 0 Å². The van der Waals surface area contributed by atoms with E-state index in [9.17, 15) is 0 Å². The van der Waals surface area contributed by atoms with Gasteiger partial charge in [-0.15, -0.1) is 0 Å². The molecule has 2 aliphatic rings. The van der Waals surface area contributed by atoms with Crippen molar-refractivity contribution in [3.8, 4) is 0 Å². The van der Waals surface area contributed by atoms with Gasteiger partial charge in [0.1, 0.15) is 0 Å². The number of hydrogen-bond donors (Lipinski definition) is 1. The molecule has 0 spiro atoms. The number of rotatable bonds is 4. The van der Waals surface area contributed by atoms with Crippen LogP contribution in [0.2, 0.25) is 0 Å². The second-order valence-corrected chi connectivity index (χ2v) is 7.18. The Hall–Kier alpha value is -0.0800. The molecule has 1 heterocycles. The van der Waals surface area contributed by atoms with Gasteiger partial charge in [-0.1, -0.05) is 26.7 Å². The largest absolute Gasteiger partial charge is 0.329 e. The first kappa shape index (κ1) is 15.3. The third-order valence-electron chi connectivity index (χ3n) is 5.80. The lowest BCUT2D eigenvalue weighted by atomic mass is 9.76. The van der Waals surface area contributed by atoms with Crippen LogP contribution in [0.25, 0.3) is 0 Å². The monoisotopic (exact) mass is 266 g/mol. The summed E-state index contributed by atoms with van der Waals surface area (Å²) in [4.78, 5) is 2.79. The zero-order valence-electron chi connectivity index (χ0n) is 13.2. The van der Waals surface area contributed by atoms with Crippen LogP contribution in [-0.2, 0) is 0 Å². The minimum absolute atomic E-state index is 0.355. The molecular weight excluding hydrogens is 232 g/mol. The SMILES string of the molecule is CCCC1CCCN(C2(CN)CCC(C)CC2)CC1. The van der Waals surface area contributed by atoms with Crippen LogP contribution in [0, 0.1) is 11.8 Å². The highest BCUT2D eigenvalue weighted by Crippen LogP contribution is 2.37. The molecular formula is C17H34N2. The normalized spacial score (nSPS) is 38.1. The number of hydrogen-bond acceptors (Lipinski definition) is 2. The quantitative estimate of drug-likeness (QED) is 0.838. The fraction of sp³-hybridized carbons (Fsp3) is 1.00. The van der Waals surface area contributed by atoms with Gasteiger partial charge in [0.25, 0.3) is 0 Å². The first-order valence-corrected chi connectivity index (χ1v) is 8.65. The summed E-state index contributed by atoms with van der Waals surface area (Å²) >= 11 is 0. The van der Waals surface area contributed by atoms with Gasteiger partial charge in [0, 0.05) is 12.1 Å². The van der Waals surface area contributed by atoms with Crippen LogP contribution < -0.4 is 5.73 Å². The van der Waals surface area contributed by atoms with E-state index in [1.807, 2.05) is 0 Å². The molecule has 2 heteroatoms. The van der Waals surface area contributed by atoms with Crippen LogP contribution in [-0.4, -0.2) is 30.1 Å². The molecule has 1 unspecified atom stereocenters. The Labute approximate surface area is 120 Å². The third kappa shape index (κ3) is 3.72. The molecule has 0 aromatic rings. The van der Waals surface area contributed by atoms with E-state index in [1.54, 1.807) is 0 Å². The Bertz CT molecular complexity index is 256. The Kier molecular flexibility index (Phi) is 5.70. The standard InChI is InChI=1S/C17H34N2/c1-3-5-16-6-4-12-19(13-9-16)17(14-18)10-7-15(2)8-11-17/h15-16H,3-14,18H2,1-2H3. The fourth-order valence-electron chi connectivity index (χ4n) is 4.29. The topological polar surface area (TPSA) is 29.3 Å². The molecule has 112 valence electrons. The lowest BCUT2D eigenvalue weighted by molar-refractivity contribution is 0.0466. The predicted octanol–water partition coefficient (Wildman–Crippen LogP) is 3.80. The molecule has 0 amide bonds. The second-order valence-electron chi connectivity index (χ2n) is 7.18. The molecule has 1 saturated carbocycles. The van der Waals surface area contributed by atoms with E-state index in [0.717, 1.165) is 18.4 Å². The van der Waals surface area contributed by atoms with Crippen molar-refractivity contribution in [2.24, 2.45) is 17.6 Å². The zero-order chi connectivity index (χ0) is 13.7. The van der Waals surface area contributed by atoms with Crippen LogP contribution in [0.15, 0.2) is 0 Å². The van der Waals surface area contributed by atoms with Crippen molar-refractivity contribution in [2.75, 3.05) is 19.6 Å². The Balaban J connectivity index is 1.95. The molecule has 2 rings (SSSR count). The summed E-state index contributed by atoms with van der Waals surface area (Å²) in [5.41, 5.74) is 6.57. The molecule has 1 aliphatic carbocycles. The van der Waals surface area contributed by atoms with Gasteiger partial charge in [-0.2, -0.15) is 0 Å². The molecule has 2 N–H and O–H groups in total. The van der Waals surface area contributed by atoms with Crippen molar-refractivity contribution < 1.29 is 0 Å². The van der Waals surface area contributed by atoms with Gasteiger partial charge in [0.2, 0.25) is 0 Å². The third-order valence-corrected chi connectivity index (χ3v) is 5.80. The van der Waals surface area contributed by atoms with Gasteiger partial charge in [0.15, 0.2) is 0 Å². The average Bonchev–Trinajstić information content (AvgIpc) is 2.67. The van der Waals surface area contributed by atoms with Crippen molar-refractivity contribution >= 4 is 0 Å². The summed E-state index contributed by atoms with van der Waals surface area (Å²) < 4.78 is 0. The van der Waals surface area contributed by atoms with Crippen LogP contribution in [0.3, 0.4) is 0 Å². The summed E-state index contributed by atoms with van der Waals surface area (Å²) in [6.07, 6.45) is 12.5. The first-order chi connectivity index (χ1) is 9.20. The molecule has 0 aromatic carbocycles. The van der Waals surface area contributed by atoms with Gasteiger partial charge in [-0.3, -0.25) is 4.90 Å².